The molecule has 0 heterocycles. The molecule has 27 heteroatoms. The Kier molecular flexibility index (Phi) is 56.5. The van der Waals surface area contributed by atoms with Crippen LogP contribution < -0.4 is 0 Å². The Morgan fingerprint density at radius 1 is 0.224 bits per heavy atom. The van der Waals surface area contributed by atoms with Crippen LogP contribution in [-0.4, -0.2) is 55.6 Å². The monoisotopic (exact) mass is 1880 g/mol. The molecule has 2 aliphatic carbocycles. The molecule has 0 bridgehead atoms. The van der Waals surface area contributed by atoms with E-state index in [0.29, 0.717) is 47.8 Å². The van der Waals surface area contributed by atoms with E-state index in [-0.39, 0.29) is 46.3 Å². The minimum atomic E-state index is -4.16. The van der Waals surface area contributed by atoms with E-state index >= 15 is 0 Å². The summed E-state index contributed by atoms with van der Waals surface area (Å²) < 4.78 is 333. The molecule has 0 aromatic carbocycles. The Hall–Kier alpha value is -1.89. The second kappa shape index (κ2) is 50.1. The lowest BCUT2D eigenvalue weighted by atomic mass is 9.55. The highest BCUT2D eigenvalue weighted by Gasteiger charge is 2.62. The molecular formula is C98H187F27. The van der Waals surface area contributed by atoms with E-state index in [4.69, 9.17) is 0 Å². The van der Waals surface area contributed by atoms with Gasteiger partial charge in [-0.15, -0.1) is 0 Å². The third kappa shape index (κ3) is 48.2. The van der Waals surface area contributed by atoms with Crippen molar-refractivity contribution in [2.75, 3.05) is 0 Å². The summed E-state index contributed by atoms with van der Waals surface area (Å²) in [5.74, 6) is -2.91. The summed E-state index contributed by atoms with van der Waals surface area (Å²) in [7, 11) is 0. The van der Waals surface area contributed by atoms with Crippen LogP contribution in [0, 0.1) is 165 Å². The van der Waals surface area contributed by atoms with Gasteiger partial charge in [0, 0.05) is 0 Å². The summed E-state index contributed by atoms with van der Waals surface area (Å²) in [4.78, 5) is 0. The number of halogens is 27. The van der Waals surface area contributed by atoms with Crippen LogP contribution in [0.25, 0.3) is 0 Å². The van der Waals surface area contributed by atoms with Gasteiger partial charge < -0.3 is 0 Å². The highest BCUT2D eigenvalue weighted by atomic mass is 19.4. The third-order valence-electron chi connectivity index (χ3n) is 31.9. The van der Waals surface area contributed by atoms with Crippen LogP contribution in [0.1, 0.15) is 411 Å². The molecule has 0 saturated heterocycles. The zero-order chi connectivity index (χ0) is 105. The van der Waals surface area contributed by atoms with Crippen molar-refractivity contribution < 1.29 is 119 Å². The number of hydrogen-bond donors (Lipinski definition) is 0. The van der Waals surface area contributed by atoms with Crippen LogP contribution in [-0.2, 0) is 0 Å². The molecule has 0 amide bonds. The second-order valence-electron chi connectivity index (χ2n) is 48.4. The molecule has 0 aromatic rings. The second-order valence-corrected chi connectivity index (χ2v) is 48.4. The maximum Gasteiger partial charge on any atom is 0.394 e. The average molecular weight is 1880 g/mol. The van der Waals surface area contributed by atoms with Crippen LogP contribution in [0.15, 0.2) is 0 Å². The summed E-state index contributed by atoms with van der Waals surface area (Å²) in [6, 6.07) is 0. The molecule has 0 nitrogen and oxygen atoms in total. The van der Waals surface area contributed by atoms with Gasteiger partial charge in [0.05, 0.1) is 51.2 Å². The first-order chi connectivity index (χ1) is 53.2. The molecule has 2 rings (SSSR count). The Bertz CT molecular complexity index is 2590. The van der Waals surface area contributed by atoms with Gasteiger partial charge in [0.1, 0.15) is 0 Å². The molecule has 0 radical (unpaired) electrons. The van der Waals surface area contributed by atoms with Crippen LogP contribution in [0.3, 0.4) is 0 Å². The Labute approximate surface area is 747 Å². The van der Waals surface area contributed by atoms with E-state index in [1.165, 1.54) is 76.2 Å². The molecular weight excluding hydrogens is 1690 g/mol. The standard InChI is InChI=1S/2C11H21F3.C10H22.C9H17F3.C9H20.2C8H13F3.4C8H15F3/c2*1-8(2,3)9(4,5)10(6,7)11(12,13)14;1-8(2)10(6,7)9(3,4)5;1-6(2)8(4,5)7(3)9(10,11)12;1-7(2)8(3)9(4,5)6;1-6-2-4-7(5-3-6)8(9,10)11;1-6-3-2-4-7(5-6)8(9,10)11;2*1-6(2,3)7(4,5)8(9,10)11;2*1-5(2)6(3)7(4)8(9,10)11/h2*1-7H3;8H,1-7H3;6-7H,1-5H3;7-8H,1-6H3;2*6-7H,2-5H2,1H3;2*1-5H3;2*5-7H,1-4H3/t;;;;8-;;6-,7?;;;2*6-,7?/m....1.1..11/s1. The van der Waals surface area contributed by atoms with Crippen LogP contribution in [0.4, 0.5) is 119 Å². The van der Waals surface area contributed by atoms with Crippen LogP contribution in [0.5, 0.6) is 0 Å². The average Bonchev–Trinajstić information content (AvgIpc) is 0.752. The van der Waals surface area contributed by atoms with Gasteiger partial charge in [0.2, 0.25) is 0 Å². The third-order valence-corrected chi connectivity index (χ3v) is 31.9. The Morgan fingerprint density at radius 2 is 0.464 bits per heavy atom. The lowest BCUT2D eigenvalue weighted by Gasteiger charge is -2.51. The number of hydrogen-bond acceptors (Lipinski definition) is 0. The Morgan fingerprint density at radius 3 is 0.552 bits per heavy atom. The van der Waals surface area contributed by atoms with Crippen molar-refractivity contribution in [1.29, 1.82) is 0 Å². The lowest BCUT2D eigenvalue weighted by Crippen LogP contribution is -2.51. The SMILES string of the molecule is CC(C)(C)C(C)(C)C(C)(C)C(F)(F)F.CC(C)(C)C(C)(C)C(C)(C)C(F)(F)F.CC(C)(C)C(C)(C)C(F)(F)F.CC(C)(C)C(C)(C)C(F)(F)F.CC(C)C(C)(C)C(C)(C)C.CC(C)C(C)(C)C(C)C(F)(F)F.CC(C)[C@@H](C)C(C)(C)C.CC(C)[C@@H](C)C(C)C(F)(F)F.CC(C)[C@@H](C)C(C)C(F)(F)F.CC1CCC(C(F)(F)F)CC1.C[C@@H]1CCCC(C(F)(F)F)C1. The predicted octanol–water partition coefficient (Wildman–Crippen LogP) is 41.1. The van der Waals surface area contributed by atoms with Gasteiger partial charge in [-0.25, -0.2) is 0 Å². The van der Waals surface area contributed by atoms with Crippen molar-refractivity contribution in [2.24, 2.45) is 165 Å². The Balaban J connectivity index is -0.000000169. The molecule has 8 atom stereocenters. The highest BCUT2D eigenvalue weighted by molar-refractivity contribution is 5.00. The molecule has 0 spiro atoms. The fourth-order valence-corrected chi connectivity index (χ4v) is 11.3. The lowest BCUT2D eigenvalue weighted by molar-refractivity contribution is -0.263. The summed E-state index contributed by atoms with van der Waals surface area (Å²) in [6.45, 7) is 92.6. The predicted molar refractivity (Wildman–Crippen MR) is 473 cm³/mol. The van der Waals surface area contributed by atoms with Gasteiger partial charge in [-0.2, -0.15) is 119 Å². The van der Waals surface area contributed by atoms with Crippen molar-refractivity contribution in [2.45, 2.75) is 467 Å². The maximum absolute atomic E-state index is 12.9. The maximum atomic E-state index is 12.9. The molecule has 2 aliphatic rings. The van der Waals surface area contributed by atoms with Crippen molar-refractivity contribution in [3.63, 3.8) is 0 Å². The van der Waals surface area contributed by atoms with Crippen LogP contribution >= 0.6 is 0 Å². The molecule has 125 heavy (non-hydrogen) atoms. The molecule has 768 valence electrons. The molecule has 4 unspecified atom stereocenters. The number of rotatable bonds is 10. The molecule has 0 aromatic heterocycles. The number of alkyl halides is 27. The minimum absolute atomic E-state index is 0.0362. The zero-order valence-corrected chi connectivity index (χ0v) is 88.0. The first-order valence-electron chi connectivity index (χ1n) is 44.8. The topological polar surface area (TPSA) is 0 Å². The molecule has 0 N–H and O–H groups in total. The fraction of sp³-hybridized carbons (Fsp3) is 1.00. The van der Waals surface area contributed by atoms with Gasteiger partial charge in [-0.1, -0.05) is 386 Å². The first-order valence-corrected chi connectivity index (χ1v) is 44.8. The van der Waals surface area contributed by atoms with E-state index < -0.39 is 134 Å². The normalized spacial score (nSPS) is 19.4. The van der Waals surface area contributed by atoms with Crippen molar-refractivity contribution in [1.82, 2.24) is 0 Å². The quantitative estimate of drug-likeness (QED) is 0.191. The van der Waals surface area contributed by atoms with E-state index in [9.17, 15) is 119 Å². The van der Waals surface area contributed by atoms with Gasteiger partial charge in [0.25, 0.3) is 0 Å². The van der Waals surface area contributed by atoms with Gasteiger partial charge >= 0.3 is 55.6 Å². The summed E-state index contributed by atoms with van der Waals surface area (Å²) >= 11 is 0. The molecule has 2 saturated carbocycles. The first kappa shape index (κ1) is 141. The van der Waals surface area contributed by atoms with E-state index in [1.807, 2.05) is 96.9 Å². The fourth-order valence-electron chi connectivity index (χ4n) is 11.3. The van der Waals surface area contributed by atoms with E-state index in [0.717, 1.165) is 43.4 Å². The molecule has 2 fully saturated rings. The van der Waals surface area contributed by atoms with Gasteiger partial charge in [0.15, 0.2) is 0 Å². The summed E-state index contributed by atoms with van der Waals surface area (Å²) in [5.41, 5.74) is -9.83. The van der Waals surface area contributed by atoms with Gasteiger partial charge in [-0.05, 0) is 139 Å². The van der Waals surface area contributed by atoms with Crippen molar-refractivity contribution in [3.8, 4) is 0 Å². The largest absolute Gasteiger partial charge is 0.394 e. The zero-order valence-electron chi connectivity index (χ0n) is 88.0. The minimum Gasteiger partial charge on any atom is -0.171 e. The smallest absolute Gasteiger partial charge is 0.171 e. The van der Waals surface area contributed by atoms with E-state index in [1.54, 1.807) is 96.9 Å². The summed E-state index contributed by atoms with van der Waals surface area (Å²) in [6.07, 6.45) is -32.1. The molecule has 0 aliphatic heterocycles. The highest BCUT2D eigenvalue weighted by Crippen LogP contribution is 2.60. The van der Waals surface area contributed by atoms with Crippen molar-refractivity contribution in [3.05, 3.63) is 0 Å². The van der Waals surface area contributed by atoms with E-state index in [2.05, 4.69) is 90.0 Å². The summed E-state index contributed by atoms with van der Waals surface area (Å²) in [5, 5.41) is 0. The van der Waals surface area contributed by atoms with Crippen molar-refractivity contribution >= 4 is 0 Å². The van der Waals surface area contributed by atoms with Crippen LogP contribution in [0.2, 0.25) is 0 Å². The van der Waals surface area contributed by atoms with Gasteiger partial charge in [-0.3, -0.25) is 0 Å².